The molecule has 0 bridgehead atoms. The molecule has 5 nitrogen and oxygen atoms in total. The van der Waals surface area contributed by atoms with E-state index in [9.17, 15) is 9.90 Å². The fraction of sp³-hybridized carbons (Fsp3) is 0.400. The van der Waals surface area contributed by atoms with Gasteiger partial charge in [0.2, 0.25) is 0 Å². The van der Waals surface area contributed by atoms with E-state index in [1.807, 2.05) is 0 Å². The van der Waals surface area contributed by atoms with E-state index in [0.29, 0.717) is 22.3 Å². The normalized spacial score (nSPS) is 11.7. The number of aliphatic hydroxyl groups excluding tert-OH is 1. The number of aliphatic hydroxyl groups is 1. The molecule has 1 aromatic heterocycles. The van der Waals surface area contributed by atoms with Gasteiger partial charge in [0, 0.05) is 5.56 Å². The molecule has 21 heavy (non-hydrogen) atoms. The minimum Gasteiger partial charge on any atom is -0.481 e. The average Bonchev–Trinajstić information content (AvgIpc) is 2.85. The minimum absolute atomic E-state index is 0.205. The van der Waals surface area contributed by atoms with Gasteiger partial charge in [0.05, 0.1) is 22.7 Å². The molecule has 0 aliphatic heterocycles. The first-order valence-electron chi connectivity index (χ1n) is 6.46. The smallest absolute Gasteiger partial charge is 0.344 e. The molecule has 0 saturated carbocycles. The Morgan fingerprint density at radius 2 is 2.14 bits per heavy atom. The lowest BCUT2D eigenvalue weighted by molar-refractivity contribution is -0.157. The summed E-state index contributed by atoms with van der Waals surface area (Å²) in [4.78, 5) is 11.7. The van der Waals surface area contributed by atoms with Crippen molar-refractivity contribution in [3.8, 4) is 5.75 Å². The summed E-state index contributed by atoms with van der Waals surface area (Å²) >= 11 is 3.37. The Morgan fingerprint density at radius 3 is 2.76 bits per heavy atom. The zero-order chi connectivity index (χ0) is 15.6. The van der Waals surface area contributed by atoms with Gasteiger partial charge in [0.25, 0.3) is 0 Å². The molecule has 0 radical (unpaired) electrons. The number of esters is 1. The number of ether oxygens (including phenoxy) is 2. The predicted octanol–water partition coefficient (Wildman–Crippen LogP) is 3.41. The second-order valence-corrected chi connectivity index (χ2v) is 6.40. The van der Waals surface area contributed by atoms with E-state index < -0.39 is 11.6 Å². The standard InChI is InChI=1S/C15H17BrO5/c1-15(2,3)21-12(18)8-20-13-9(7-17)6-11(16)14-10(13)4-5-19-14/h4-6,17H,7-8H2,1-3H3. The Kier molecular flexibility index (Phi) is 4.58. The number of benzene rings is 1. The van der Waals surface area contributed by atoms with Gasteiger partial charge in [-0.3, -0.25) is 0 Å². The van der Waals surface area contributed by atoms with E-state index in [-0.39, 0.29) is 13.2 Å². The first-order valence-corrected chi connectivity index (χ1v) is 7.25. The number of carbonyl (C=O) groups excluding carboxylic acids is 1. The molecule has 1 aromatic carbocycles. The maximum atomic E-state index is 11.7. The average molecular weight is 357 g/mol. The van der Waals surface area contributed by atoms with Crippen LogP contribution in [0.15, 0.2) is 27.3 Å². The molecule has 0 aliphatic carbocycles. The van der Waals surface area contributed by atoms with Crippen LogP contribution in [0.1, 0.15) is 26.3 Å². The SMILES string of the molecule is CC(C)(C)OC(=O)COc1c(CO)cc(Br)c2occc12. The highest BCUT2D eigenvalue weighted by atomic mass is 79.9. The molecule has 0 atom stereocenters. The fourth-order valence-electron chi connectivity index (χ4n) is 1.92. The van der Waals surface area contributed by atoms with Crippen LogP contribution in [0.4, 0.5) is 0 Å². The fourth-order valence-corrected chi connectivity index (χ4v) is 2.50. The number of hydrogen-bond donors (Lipinski definition) is 1. The van der Waals surface area contributed by atoms with Crippen LogP contribution in [0.5, 0.6) is 5.75 Å². The number of fused-ring (bicyclic) bond motifs is 1. The van der Waals surface area contributed by atoms with Gasteiger partial charge in [-0.2, -0.15) is 0 Å². The number of furan rings is 1. The zero-order valence-electron chi connectivity index (χ0n) is 12.1. The molecule has 0 spiro atoms. The molecule has 0 unspecified atom stereocenters. The highest BCUT2D eigenvalue weighted by molar-refractivity contribution is 9.10. The maximum Gasteiger partial charge on any atom is 0.344 e. The summed E-state index contributed by atoms with van der Waals surface area (Å²) < 4.78 is 16.8. The molecular weight excluding hydrogens is 340 g/mol. The van der Waals surface area contributed by atoms with Gasteiger partial charge in [-0.25, -0.2) is 4.79 Å². The molecule has 6 heteroatoms. The molecule has 0 saturated heterocycles. The van der Waals surface area contributed by atoms with Crippen LogP contribution in [0, 0.1) is 0 Å². The second-order valence-electron chi connectivity index (χ2n) is 5.54. The van der Waals surface area contributed by atoms with Crippen LogP contribution in [-0.2, 0) is 16.1 Å². The molecular formula is C15H17BrO5. The third-order valence-corrected chi connectivity index (χ3v) is 3.23. The predicted molar refractivity (Wildman–Crippen MR) is 81.2 cm³/mol. The van der Waals surface area contributed by atoms with Gasteiger partial charge in [0.1, 0.15) is 11.4 Å². The summed E-state index contributed by atoms with van der Waals surface area (Å²) in [6, 6.07) is 3.43. The van der Waals surface area contributed by atoms with Crippen molar-refractivity contribution in [1.29, 1.82) is 0 Å². The third-order valence-electron chi connectivity index (χ3n) is 2.64. The third kappa shape index (κ3) is 3.77. The van der Waals surface area contributed by atoms with Crippen LogP contribution in [-0.4, -0.2) is 23.3 Å². The molecule has 1 N–H and O–H groups in total. The van der Waals surface area contributed by atoms with Gasteiger partial charge in [-0.05, 0) is 48.8 Å². The van der Waals surface area contributed by atoms with Gasteiger partial charge in [-0.1, -0.05) is 0 Å². The van der Waals surface area contributed by atoms with Gasteiger partial charge < -0.3 is 19.0 Å². The topological polar surface area (TPSA) is 68.9 Å². The van der Waals surface area contributed by atoms with Crippen molar-refractivity contribution < 1.29 is 23.8 Å². The van der Waals surface area contributed by atoms with Crippen molar-refractivity contribution in [2.45, 2.75) is 33.0 Å². The largest absolute Gasteiger partial charge is 0.481 e. The van der Waals surface area contributed by atoms with E-state index in [1.54, 1.807) is 32.9 Å². The van der Waals surface area contributed by atoms with Crippen molar-refractivity contribution >= 4 is 32.9 Å². The molecule has 2 aromatic rings. The summed E-state index contributed by atoms with van der Waals surface area (Å²) in [5.41, 5.74) is 0.607. The molecule has 2 rings (SSSR count). The Morgan fingerprint density at radius 1 is 1.43 bits per heavy atom. The van der Waals surface area contributed by atoms with Crippen molar-refractivity contribution in [3.63, 3.8) is 0 Å². The van der Waals surface area contributed by atoms with Crippen LogP contribution in [0.3, 0.4) is 0 Å². The van der Waals surface area contributed by atoms with E-state index >= 15 is 0 Å². The Labute approximate surface area is 131 Å². The number of halogens is 1. The van der Waals surface area contributed by atoms with Gasteiger partial charge >= 0.3 is 5.97 Å². The molecule has 114 valence electrons. The molecule has 0 amide bonds. The van der Waals surface area contributed by atoms with Crippen LogP contribution >= 0.6 is 15.9 Å². The van der Waals surface area contributed by atoms with Gasteiger partial charge in [-0.15, -0.1) is 0 Å². The summed E-state index contributed by atoms with van der Waals surface area (Å²) in [5.74, 6) is -0.0405. The van der Waals surface area contributed by atoms with E-state index in [2.05, 4.69) is 15.9 Å². The monoisotopic (exact) mass is 356 g/mol. The van der Waals surface area contributed by atoms with Crippen molar-refractivity contribution in [2.24, 2.45) is 0 Å². The van der Waals surface area contributed by atoms with Crippen LogP contribution in [0.2, 0.25) is 0 Å². The van der Waals surface area contributed by atoms with Gasteiger partial charge in [0.15, 0.2) is 12.2 Å². The Hall–Kier alpha value is -1.53. The first-order chi connectivity index (χ1) is 9.81. The highest BCUT2D eigenvalue weighted by Crippen LogP contribution is 2.36. The second kappa shape index (κ2) is 6.07. The summed E-state index contributed by atoms with van der Waals surface area (Å²) in [6.45, 7) is 4.93. The quantitative estimate of drug-likeness (QED) is 0.850. The summed E-state index contributed by atoms with van der Waals surface area (Å²) in [5, 5.41) is 10.1. The van der Waals surface area contributed by atoms with Crippen molar-refractivity contribution in [1.82, 2.24) is 0 Å². The summed E-state index contributed by atoms with van der Waals surface area (Å²) in [6.07, 6.45) is 1.52. The number of hydrogen-bond acceptors (Lipinski definition) is 5. The van der Waals surface area contributed by atoms with Crippen molar-refractivity contribution in [2.75, 3.05) is 6.61 Å². The lowest BCUT2D eigenvalue weighted by Gasteiger charge is -2.20. The van der Waals surface area contributed by atoms with Crippen LogP contribution in [0.25, 0.3) is 11.0 Å². The molecule has 0 aliphatic rings. The highest BCUT2D eigenvalue weighted by Gasteiger charge is 2.19. The first kappa shape index (κ1) is 15.9. The van der Waals surface area contributed by atoms with E-state index in [1.165, 1.54) is 6.26 Å². The van der Waals surface area contributed by atoms with Crippen LogP contribution < -0.4 is 4.74 Å². The molecule has 1 heterocycles. The van der Waals surface area contributed by atoms with E-state index in [0.717, 1.165) is 4.47 Å². The zero-order valence-corrected chi connectivity index (χ0v) is 13.7. The summed E-state index contributed by atoms with van der Waals surface area (Å²) in [7, 11) is 0. The molecule has 0 fully saturated rings. The number of carbonyl (C=O) groups is 1. The lowest BCUT2D eigenvalue weighted by atomic mass is 10.1. The Bertz CT molecular complexity index is 654. The van der Waals surface area contributed by atoms with E-state index in [4.69, 9.17) is 13.9 Å². The van der Waals surface area contributed by atoms with Crippen molar-refractivity contribution in [3.05, 3.63) is 28.4 Å². The Balaban J connectivity index is 2.23. The number of rotatable bonds is 4. The maximum absolute atomic E-state index is 11.7. The minimum atomic E-state index is -0.565. The lowest BCUT2D eigenvalue weighted by Crippen LogP contribution is -2.27.